The average Bonchev–Trinajstić information content (AvgIpc) is 2.36. The fourth-order valence-electron chi connectivity index (χ4n) is 1.00. The second-order valence-electron chi connectivity index (χ2n) is 3.34. The van der Waals surface area contributed by atoms with Crippen LogP contribution in [0.3, 0.4) is 0 Å². The summed E-state index contributed by atoms with van der Waals surface area (Å²) in [5, 5.41) is 0. The third-order valence-electron chi connectivity index (χ3n) is 2.14. The number of amides is 1. The third-order valence-corrected chi connectivity index (χ3v) is 3.41. The number of rotatable bonds is 4. The van der Waals surface area contributed by atoms with Crippen molar-refractivity contribution < 1.29 is 13.2 Å². The first kappa shape index (κ1) is 13.4. The first-order valence-electron chi connectivity index (χ1n) is 4.97. The molecule has 1 aromatic rings. The number of benzene rings is 1. The molecule has 0 heterocycles. The van der Waals surface area contributed by atoms with E-state index in [9.17, 15) is 13.2 Å². The minimum absolute atomic E-state index is 0.0958. The molecule has 92 valence electrons. The lowest BCUT2D eigenvalue weighted by molar-refractivity contribution is -0.117. The van der Waals surface area contributed by atoms with Crippen molar-refractivity contribution in [2.45, 2.75) is 18.7 Å². The van der Waals surface area contributed by atoms with E-state index < -0.39 is 15.9 Å². The van der Waals surface area contributed by atoms with E-state index in [1.165, 1.54) is 12.1 Å². The van der Waals surface area contributed by atoms with E-state index in [4.69, 9.17) is 0 Å². The second-order valence-corrected chi connectivity index (χ2v) is 5.03. The topological polar surface area (TPSA) is 75.3 Å². The molecule has 2 N–H and O–H groups in total. The zero-order valence-corrected chi connectivity index (χ0v) is 10.4. The van der Waals surface area contributed by atoms with Gasteiger partial charge in [0, 0.05) is 5.57 Å². The molecule has 17 heavy (non-hydrogen) atoms. The molecule has 0 aliphatic heterocycles. The number of hydrogen-bond acceptors (Lipinski definition) is 3. The van der Waals surface area contributed by atoms with Gasteiger partial charge in [0.15, 0.2) is 0 Å². The van der Waals surface area contributed by atoms with E-state index in [0.29, 0.717) is 5.57 Å². The van der Waals surface area contributed by atoms with Crippen molar-refractivity contribution in [3.63, 3.8) is 0 Å². The summed E-state index contributed by atoms with van der Waals surface area (Å²) < 4.78 is 23.4. The van der Waals surface area contributed by atoms with Crippen LogP contribution in [-0.4, -0.2) is 14.3 Å². The molecule has 0 unspecified atom stereocenters. The number of nitrogens with one attached hydrogen (secondary N) is 2. The molecule has 0 atom stereocenters. The highest BCUT2D eigenvalue weighted by atomic mass is 32.2. The minimum Gasteiger partial charge on any atom is -0.274 e. The summed E-state index contributed by atoms with van der Waals surface area (Å²) in [6.07, 6.45) is 1.59. The van der Waals surface area contributed by atoms with Gasteiger partial charge in [-0.2, -0.15) is 0 Å². The van der Waals surface area contributed by atoms with Gasteiger partial charge in [-0.25, -0.2) is 8.42 Å². The maximum absolute atomic E-state index is 11.7. The quantitative estimate of drug-likeness (QED) is 0.621. The van der Waals surface area contributed by atoms with Gasteiger partial charge in [0.1, 0.15) is 0 Å². The van der Waals surface area contributed by atoms with Crippen LogP contribution >= 0.6 is 0 Å². The summed E-state index contributed by atoms with van der Waals surface area (Å²) in [6, 6.07) is 7.80. The Labute approximate surface area is 101 Å². The molecule has 6 heteroatoms. The first-order chi connectivity index (χ1) is 7.97. The standard InChI is InChI=1S/C11H14N2O3S/c1-3-9(2)11(14)12-13-17(15,16)10-7-5-4-6-8-10/h3-8,13H,1-2H3,(H,12,14)/b9-3+. The Morgan fingerprint density at radius 2 is 1.82 bits per heavy atom. The van der Waals surface area contributed by atoms with Crippen LogP contribution in [0.25, 0.3) is 0 Å². The maximum Gasteiger partial charge on any atom is 0.261 e. The zero-order chi connectivity index (χ0) is 12.9. The van der Waals surface area contributed by atoms with E-state index in [1.54, 1.807) is 38.1 Å². The van der Waals surface area contributed by atoms with Crippen molar-refractivity contribution in [3.8, 4) is 0 Å². The van der Waals surface area contributed by atoms with E-state index >= 15 is 0 Å². The van der Waals surface area contributed by atoms with Crippen molar-refractivity contribution in [1.82, 2.24) is 10.3 Å². The van der Waals surface area contributed by atoms with Gasteiger partial charge in [0.25, 0.3) is 15.9 Å². The summed E-state index contributed by atoms with van der Waals surface area (Å²) in [5.41, 5.74) is 2.56. The lowest BCUT2D eigenvalue weighted by Crippen LogP contribution is -2.41. The van der Waals surface area contributed by atoms with Crippen LogP contribution < -0.4 is 10.3 Å². The largest absolute Gasteiger partial charge is 0.274 e. The average molecular weight is 254 g/mol. The highest BCUT2D eigenvalue weighted by molar-refractivity contribution is 7.89. The third kappa shape index (κ3) is 3.69. The zero-order valence-electron chi connectivity index (χ0n) is 9.60. The highest BCUT2D eigenvalue weighted by Gasteiger charge is 2.14. The van der Waals surface area contributed by atoms with Crippen LogP contribution in [0, 0.1) is 0 Å². The van der Waals surface area contributed by atoms with Crippen molar-refractivity contribution in [2.24, 2.45) is 0 Å². The SMILES string of the molecule is C/C=C(\C)C(=O)NNS(=O)(=O)c1ccccc1. The highest BCUT2D eigenvalue weighted by Crippen LogP contribution is 2.05. The number of sulfonamides is 1. The molecule has 5 nitrogen and oxygen atoms in total. The van der Waals surface area contributed by atoms with Crippen molar-refractivity contribution >= 4 is 15.9 Å². The van der Waals surface area contributed by atoms with Crippen molar-refractivity contribution in [1.29, 1.82) is 0 Å². The molecule has 0 aliphatic carbocycles. The van der Waals surface area contributed by atoms with Gasteiger partial charge in [-0.15, -0.1) is 4.83 Å². The van der Waals surface area contributed by atoms with Gasteiger partial charge in [-0.1, -0.05) is 24.3 Å². The molecule has 0 saturated carbocycles. The summed E-state index contributed by atoms with van der Waals surface area (Å²) in [5.74, 6) is -0.480. The van der Waals surface area contributed by atoms with Crippen LogP contribution in [0.15, 0.2) is 46.9 Å². The van der Waals surface area contributed by atoms with Gasteiger partial charge in [-0.3, -0.25) is 10.2 Å². The summed E-state index contributed by atoms with van der Waals surface area (Å²) >= 11 is 0. The molecule has 0 aliphatic rings. The van der Waals surface area contributed by atoms with Gasteiger partial charge in [-0.05, 0) is 26.0 Å². The predicted molar refractivity (Wildman–Crippen MR) is 64.3 cm³/mol. The molecule has 1 rings (SSSR count). The Balaban J connectivity index is 2.73. The molecular weight excluding hydrogens is 240 g/mol. The predicted octanol–water partition coefficient (Wildman–Crippen LogP) is 0.962. The van der Waals surface area contributed by atoms with Gasteiger partial charge in [0.2, 0.25) is 0 Å². The summed E-state index contributed by atoms with van der Waals surface area (Å²) in [7, 11) is -3.71. The Kier molecular flexibility index (Phi) is 4.42. The normalized spacial score (nSPS) is 12.2. The van der Waals surface area contributed by atoms with E-state index in [-0.39, 0.29) is 4.90 Å². The Bertz CT molecular complexity index is 521. The van der Waals surface area contributed by atoms with Crippen LogP contribution in [0.5, 0.6) is 0 Å². The lowest BCUT2D eigenvalue weighted by atomic mass is 10.3. The monoisotopic (exact) mass is 254 g/mol. The Hall–Kier alpha value is -1.66. The number of carbonyl (C=O) groups excluding carboxylic acids is 1. The van der Waals surface area contributed by atoms with Crippen LogP contribution in [0.4, 0.5) is 0 Å². The second kappa shape index (κ2) is 5.60. The van der Waals surface area contributed by atoms with Crippen LogP contribution in [-0.2, 0) is 14.8 Å². The number of carbonyl (C=O) groups is 1. The number of hydrogen-bond donors (Lipinski definition) is 2. The fourth-order valence-corrected chi connectivity index (χ4v) is 1.86. The molecule has 0 saturated heterocycles. The lowest BCUT2D eigenvalue weighted by Gasteiger charge is -2.08. The summed E-state index contributed by atoms with van der Waals surface area (Å²) in [6.45, 7) is 3.28. The van der Waals surface area contributed by atoms with Crippen molar-refractivity contribution in [3.05, 3.63) is 42.0 Å². The summed E-state index contributed by atoms with van der Waals surface area (Å²) in [4.78, 5) is 13.5. The molecule has 0 fully saturated rings. The first-order valence-corrected chi connectivity index (χ1v) is 6.46. The molecule has 0 aromatic heterocycles. The van der Waals surface area contributed by atoms with Crippen LogP contribution in [0.1, 0.15) is 13.8 Å². The molecule has 0 radical (unpaired) electrons. The maximum atomic E-state index is 11.7. The van der Waals surface area contributed by atoms with Gasteiger partial charge in [0.05, 0.1) is 4.90 Å². The van der Waals surface area contributed by atoms with Gasteiger partial charge < -0.3 is 0 Å². The number of allylic oxidation sites excluding steroid dienone is 1. The van der Waals surface area contributed by atoms with Crippen LogP contribution in [0.2, 0.25) is 0 Å². The van der Waals surface area contributed by atoms with E-state index in [1.807, 2.05) is 4.83 Å². The molecule has 1 amide bonds. The Morgan fingerprint density at radius 3 is 2.35 bits per heavy atom. The molecular formula is C11H14N2O3S. The Morgan fingerprint density at radius 1 is 1.24 bits per heavy atom. The molecule has 0 spiro atoms. The van der Waals surface area contributed by atoms with E-state index in [2.05, 4.69) is 5.43 Å². The molecule has 0 bridgehead atoms. The smallest absolute Gasteiger partial charge is 0.261 e. The van der Waals surface area contributed by atoms with Gasteiger partial charge >= 0.3 is 0 Å². The van der Waals surface area contributed by atoms with Crippen molar-refractivity contribution in [2.75, 3.05) is 0 Å². The number of hydrazine groups is 1. The fraction of sp³-hybridized carbons (Fsp3) is 0.182. The minimum atomic E-state index is -3.71. The molecule has 1 aromatic carbocycles. The van der Waals surface area contributed by atoms with E-state index in [0.717, 1.165) is 0 Å².